The summed E-state index contributed by atoms with van der Waals surface area (Å²) in [4.78, 5) is 0. The summed E-state index contributed by atoms with van der Waals surface area (Å²) in [5.41, 5.74) is -0.307. The third kappa shape index (κ3) is 10.7. The number of rotatable bonds is 18. The molecule has 6 heteroatoms. The lowest BCUT2D eigenvalue weighted by Crippen LogP contribution is -2.58. The second-order valence-electron chi connectivity index (χ2n) is 6.49. The van der Waals surface area contributed by atoms with Gasteiger partial charge in [-0.1, -0.05) is 60.3 Å². The fourth-order valence-electron chi connectivity index (χ4n) is 2.36. The van der Waals surface area contributed by atoms with Crippen molar-refractivity contribution in [2.45, 2.75) is 104 Å². The molecule has 152 valence electrons. The van der Waals surface area contributed by atoms with Crippen molar-refractivity contribution in [2.24, 2.45) is 0 Å². The molecule has 0 amide bonds. The smallest absolute Gasteiger partial charge is 0.372 e. The van der Waals surface area contributed by atoms with E-state index in [1.165, 1.54) is 0 Å². The second kappa shape index (κ2) is 16.2. The fourth-order valence-corrected chi connectivity index (χ4v) is 5.42. The molecule has 0 heterocycles. The van der Waals surface area contributed by atoms with E-state index in [-0.39, 0.29) is 5.73 Å². The molecule has 0 aliphatic rings. The summed E-state index contributed by atoms with van der Waals surface area (Å²) in [6.45, 7) is 12.3. The highest BCUT2D eigenvalue weighted by Gasteiger charge is 2.51. The van der Waals surface area contributed by atoms with Crippen LogP contribution in [-0.2, 0) is 18.0 Å². The Morgan fingerprint density at radius 2 is 1.16 bits per heavy atom. The van der Waals surface area contributed by atoms with E-state index in [1.54, 1.807) is 0 Å². The van der Waals surface area contributed by atoms with Gasteiger partial charge in [0.25, 0.3) is 0 Å². The molecular weight excluding hydrogens is 336 g/mol. The van der Waals surface area contributed by atoms with Crippen LogP contribution in [-0.4, -0.2) is 45.7 Å². The molecule has 2 atom stereocenters. The maximum absolute atomic E-state index is 10.1. The first-order valence-electron chi connectivity index (χ1n) is 10.3. The van der Waals surface area contributed by atoms with Crippen molar-refractivity contribution in [1.82, 2.24) is 0 Å². The molecule has 0 aromatic rings. The first kappa shape index (κ1) is 25.0. The summed E-state index contributed by atoms with van der Waals surface area (Å²) in [7, 11) is -3.02. The van der Waals surface area contributed by atoms with Crippen LogP contribution in [0, 0.1) is 0 Å². The van der Waals surface area contributed by atoms with Crippen LogP contribution in [0.4, 0.5) is 0 Å². The lowest BCUT2D eigenvalue weighted by molar-refractivity contribution is -0.140. The zero-order valence-corrected chi connectivity index (χ0v) is 18.2. The quantitative estimate of drug-likeness (QED) is 0.210. The predicted octanol–water partition coefficient (Wildman–Crippen LogP) is 4.83. The Labute approximate surface area is 156 Å². The monoisotopic (exact) mass is 378 g/mol. The molecule has 0 rings (SSSR count). The standard InChI is InChI=1S/C19H42O5Si/c1-6-11-15-21-25(22-16-12-7-2,23-17-13-8-3)19(14-9-4)24-18(20)10-5/h18-20H,6-17H2,1-5H3. The van der Waals surface area contributed by atoms with Gasteiger partial charge in [-0.05, 0) is 32.1 Å². The summed E-state index contributed by atoms with van der Waals surface area (Å²) in [5.74, 6) is 0. The van der Waals surface area contributed by atoms with Crippen LogP contribution in [0.25, 0.3) is 0 Å². The average Bonchev–Trinajstić information content (AvgIpc) is 2.61. The number of unbranched alkanes of at least 4 members (excludes halogenated alkanes) is 3. The van der Waals surface area contributed by atoms with E-state index < -0.39 is 15.1 Å². The SMILES string of the molecule is CCCCO[Si](OCCCC)(OCCCC)C(CCC)OC(O)CC. The molecule has 0 radical (unpaired) electrons. The van der Waals surface area contributed by atoms with Crippen LogP contribution in [0.15, 0.2) is 0 Å². The van der Waals surface area contributed by atoms with E-state index >= 15 is 0 Å². The number of aliphatic hydroxyl groups is 1. The van der Waals surface area contributed by atoms with Crippen LogP contribution in [0.5, 0.6) is 0 Å². The zero-order chi connectivity index (χ0) is 19.0. The number of aliphatic hydroxyl groups excluding tert-OH is 1. The van der Waals surface area contributed by atoms with Crippen molar-refractivity contribution in [1.29, 1.82) is 0 Å². The van der Waals surface area contributed by atoms with Gasteiger partial charge in [-0.25, -0.2) is 0 Å². The third-order valence-electron chi connectivity index (χ3n) is 4.02. The Bertz CT molecular complexity index is 264. The van der Waals surface area contributed by atoms with Gasteiger partial charge in [0.1, 0.15) is 5.73 Å². The van der Waals surface area contributed by atoms with Gasteiger partial charge in [0.05, 0.1) is 0 Å². The summed E-state index contributed by atoms with van der Waals surface area (Å²) in [5, 5.41) is 10.1. The lowest BCUT2D eigenvalue weighted by atomic mass is 10.3. The van der Waals surface area contributed by atoms with Gasteiger partial charge in [-0.15, -0.1) is 0 Å². The highest BCUT2D eigenvalue weighted by atomic mass is 28.4. The topological polar surface area (TPSA) is 57.2 Å². The first-order chi connectivity index (χ1) is 12.1. The molecule has 0 saturated heterocycles. The Morgan fingerprint density at radius 1 is 0.720 bits per heavy atom. The van der Waals surface area contributed by atoms with Crippen LogP contribution >= 0.6 is 0 Å². The minimum Gasteiger partial charge on any atom is -0.372 e. The van der Waals surface area contributed by atoms with Gasteiger partial charge in [0, 0.05) is 19.8 Å². The molecule has 0 aliphatic carbocycles. The summed E-state index contributed by atoms with van der Waals surface area (Å²) in [6.07, 6.45) is 7.54. The van der Waals surface area contributed by atoms with Gasteiger partial charge in [-0.3, -0.25) is 0 Å². The average molecular weight is 379 g/mol. The van der Waals surface area contributed by atoms with E-state index in [9.17, 15) is 5.11 Å². The van der Waals surface area contributed by atoms with Crippen molar-refractivity contribution in [3.63, 3.8) is 0 Å². The Hall–Kier alpha value is 0.0169. The number of ether oxygens (including phenoxy) is 1. The fraction of sp³-hybridized carbons (Fsp3) is 1.00. The molecule has 0 spiro atoms. The number of hydrogen-bond donors (Lipinski definition) is 1. The molecule has 0 bridgehead atoms. The first-order valence-corrected chi connectivity index (χ1v) is 12.2. The molecular formula is C19H42O5Si. The van der Waals surface area contributed by atoms with E-state index in [1.807, 2.05) is 6.92 Å². The molecule has 0 aromatic carbocycles. The van der Waals surface area contributed by atoms with Gasteiger partial charge in [0.15, 0.2) is 6.29 Å². The lowest BCUT2D eigenvalue weighted by Gasteiger charge is -2.36. The Balaban J connectivity index is 5.33. The maximum Gasteiger partial charge on any atom is 0.531 e. The third-order valence-corrected chi connectivity index (χ3v) is 7.05. The van der Waals surface area contributed by atoms with Crippen molar-refractivity contribution >= 4 is 8.80 Å². The minimum absolute atomic E-state index is 0.307. The second-order valence-corrected chi connectivity index (χ2v) is 9.20. The van der Waals surface area contributed by atoms with Crippen molar-refractivity contribution in [3.8, 4) is 0 Å². The molecule has 0 aromatic heterocycles. The highest BCUT2D eigenvalue weighted by molar-refractivity contribution is 6.62. The number of hydrogen-bond acceptors (Lipinski definition) is 5. The van der Waals surface area contributed by atoms with Crippen LogP contribution in [0.2, 0.25) is 0 Å². The largest absolute Gasteiger partial charge is 0.531 e. The van der Waals surface area contributed by atoms with E-state index in [4.69, 9.17) is 18.0 Å². The molecule has 0 fully saturated rings. The van der Waals surface area contributed by atoms with Crippen LogP contribution < -0.4 is 0 Å². The van der Waals surface area contributed by atoms with Crippen molar-refractivity contribution in [2.75, 3.05) is 19.8 Å². The van der Waals surface area contributed by atoms with Gasteiger partial charge >= 0.3 is 8.80 Å². The minimum atomic E-state index is -3.02. The molecule has 25 heavy (non-hydrogen) atoms. The maximum atomic E-state index is 10.1. The molecule has 2 unspecified atom stereocenters. The zero-order valence-electron chi connectivity index (χ0n) is 17.2. The molecule has 1 N–H and O–H groups in total. The van der Waals surface area contributed by atoms with Gasteiger partial charge in [0.2, 0.25) is 0 Å². The molecule has 0 aliphatic heterocycles. The van der Waals surface area contributed by atoms with Crippen LogP contribution in [0.1, 0.15) is 92.4 Å². The normalized spacial score (nSPS) is 14.6. The molecule has 5 nitrogen and oxygen atoms in total. The summed E-state index contributed by atoms with van der Waals surface area (Å²) >= 11 is 0. The summed E-state index contributed by atoms with van der Waals surface area (Å²) < 4.78 is 24.8. The van der Waals surface area contributed by atoms with Gasteiger partial charge in [-0.2, -0.15) is 0 Å². The predicted molar refractivity (Wildman–Crippen MR) is 104 cm³/mol. The van der Waals surface area contributed by atoms with Crippen LogP contribution in [0.3, 0.4) is 0 Å². The summed E-state index contributed by atoms with van der Waals surface area (Å²) in [6, 6.07) is 0. The Morgan fingerprint density at radius 3 is 1.48 bits per heavy atom. The molecule has 0 saturated carbocycles. The van der Waals surface area contributed by atoms with E-state index in [2.05, 4.69) is 27.7 Å². The van der Waals surface area contributed by atoms with E-state index in [0.29, 0.717) is 26.2 Å². The highest BCUT2D eigenvalue weighted by Crippen LogP contribution is 2.25. The van der Waals surface area contributed by atoms with Crippen molar-refractivity contribution < 1.29 is 23.1 Å². The van der Waals surface area contributed by atoms with E-state index in [0.717, 1.165) is 51.4 Å². The van der Waals surface area contributed by atoms with Crippen molar-refractivity contribution in [3.05, 3.63) is 0 Å². The Kier molecular flexibility index (Phi) is 16.2. The van der Waals surface area contributed by atoms with Gasteiger partial charge < -0.3 is 23.1 Å².